The number of thiophene rings is 1. The molecule has 0 aliphatic carbocycles. The molecule has 0 aliphatic rings. The van der Waals surface area contributed by atoms with Crippen molar-refractivity contribution in [3.05, 3.63) is 64.6 Å². The van der Waals surface area contributed by atoms with Crippen LogP contribution in [-0.2, 0) is 17.8 Å². The van der Waals surface area contributed by atoms with Gasteiger partial charge in [-0.15, -0.1) is 11.3 Å². The Morgan fingerprint density at radius 3 is 2.82 bits per heavy atom. The summed E-state index contributed by atoms with van der Waals surface area (Å²) >= 11 is 2.71. The molecular formula is C25H28N4O2S2. The molecule has 0 aliphatic heterocycles. The molecule has 172 valence electrons. The van der Waals surface area contributed by atoms with Gasteiger partial charge in [0.2, 0.25) is 5.91 Å². The normalized spacial score (nSPS) is 12.3. The van der Waals surface area contributed by atoms with Crippen LogP contribution in [0.2, 0.25) is 0 Å². The van der Waals surface area contributed by atoms with Crippen molar-refractivity contribution in [2.75, 3.05) is 5.75 Å². The van der Waals surface area contributed by atoms with E-state index in [1.54, 1.807) is 10.8 Å². The number of fused-ring (bicyclic) bond motifs is 3. The van der Waals surface area contributed by atoms with Crippen LogP contribution < -0.4 is 10.9 Å². The third-order valence-electron chi connectivity index (χ3n) is 5.50. The van der Waals surface area contributed by atoms with E-state index in [-0.39, 0.29) is 23.3 Å². The molecule has 4 rings (SSSR count). The summed E-state index contributed by atoms with van der Waals surface area (Å²) in [4.78, 5) is 35.9. The van der Waals surface area contributed by atoms with Gasteiger partial charge in [0.15, 0.2) is 5.16 Å². The lowest BCUT2D eigenvalue weighted by Gasteiger charge is -2.15. The lowest BCUT2D eigenvalue weighted by molar-refractivity contribution is -0.119. The second-order valence-corrected chi connectivity index (χ2v) is 10.1. The van der Waals surface area contributed by atoms with Crippen LogP contribution >= 0.6 is 23.1 Å². The molecule has 0 unspecified atom stereocenters. The molecule has 0 saturated carbocycles. The van der Waals surface area contributed by atoms with Crippen LogP contribution in [0.15, 0.2) is 58.6 Å². The van der Waals surface area contributed by atoms with Crippen molar-refractivity contribution in [3.63, 3.8) is 0 Å². The number of nitrogens with zero attached hydrogens (tertiary/aromatic N) is 3. The summed E-state index contributed by atoms with van der Waals surface area (Å²) in [6.45, 7) is 4.71. The van der Waals surface area contributed by atoms with Gasteiger partial charge in [0, 0.05) is 24.2 Å². The lowest BCUT2D eigenvalue weighted by atomic mass is 10.1. The average molecular weight is 481 g/mol. The van der Waals surface area contributed by atoms with Crippen LogP contribution in [0, 0.1) is 0 Å². The van der Waals surface area contributed by atoms with Crippen LogP contribution in [0.1, 0.15) is 38.7 Å². The Labute approximate surface area is 201 Å². The van der Waals surface area contributed by atoms with Crippen LogP contribution in [0.25, 0.3) is 20.4 Å². The number of thioether (sulfide) groups is 1. The summed E-state index contributed by atoms with van der Waals surface area (Å²) < 4.78 is 2.35. The molecule has 0 radical (unpaired) electrons. The minimum absolute atomic E-state index is 0.0458. The van der Waals surface area contributed by atoms with E-state index in [9.17, 15) is 9.59 Å². The second kappa shape index (κ2) is 10.9. The number of nitrogens with one attached hydrogen (secondary N) is 1. The van der Waals surface area contributed by atoms with Crippen molar-refractivity contribution >= 4 is 49.4 Å². The highest BCUT2D eigenvalue weighted by Crippen LogP contribution is 2.30. The van der Waals surface area contributed by atoms with Crippen molar-refractivity contribution < 1.29 is 4.79 Å². The number of aryl methyl sites for hydroxylation is 1. The molecule has 8 heteroatoms. The molecule has 1 amide bonds. The quantitative estimate of drug-likeness (QED) is 0.254. The van der Waals surface area contributed by atoms with Gasteiger partial charge in [-0.2, -0.15) is 0 Å². The molecule has 6 nitrogen and oxygen atoms in total. The highest BCUT2D eigenvalue weighted by molar-refractivity contribution is 7.99. The Hall–Kier alpha value is -2.71. The number of hydrogen-bond donors (Lipinski definition) is 1. The van der Waals surface area contributed by atoms with Gasteiger partial charge in [0.1, 0.15) is 9.53 Å². The minimum atomic E-state index is -0.0474. The molecule has 1 N–H and O–H groups in total. The third kappa shape index (κ3) is 5.62. The summed E-state index contributed by atoms with van der Waals surface area (Å²) in [7, 11) is 0. The molecule has 4 aromatic rings. The number of benzene rings is 1. The molecule has 0 spiro atoms. The lowest BCUT2D eigenvalue weighted by Crippen LogP contribution is -2.34. The number of aromatic nitrogens is 3. The van der Waals surface area contributed by atoms with Crippen LogP contribution in [-0.4, -0.2) is 32.2 Å². The fraction of sp³-hybridized carbons (Fsp3) is 0.360. The Bertz CT molecular complexity index is 1300. The smallest absolute Gasteiger partial charge is 0.272 e. The molecule has 33 heavy (non-hydrogen) atoms. The molecule has 1 atom stereocenters. The molecular weight excluding hydrogens is 452 g/mol. The fourth-order valence-electron chi connectivity index (χ4n) is 3.71. The first kappa shape index (κ1) is 23.4. The number of carbonyl (C=O) groups is 1. The summed E-state index contributed by atoms with van der Waals surface area (Å²) in [5, 5.41) is 4.56. The van der Waals surface area contributed by atoms with Gasteiger partial charge in [-0.1, -0.05) is 55.4 Å². The number of rotatable bonds is 10. The van der Waals surface area contributed by atoms with Crippen molar-refractivity contribution in [2.45, 2.75) is 57.3 Å². The molecule has 1 aromatic carbocycles. The first-order valence-corrected chi connectivity index (χ1v) is 13.1. The minimum Gasteiger partial charge on any atom is -0.353 e. The van der Waals surface area contributed by atoms with E-state index in [4.69, 9.17) is 4.98 Å². The van der Waals surface area contributed by atoms with Gasteiger partial charge in [-0.3, -0.25) is 14.2 Å². The van der Waals surface area contributed by atoms with Gasteiger partial charge in [0.05, 0.1) is 11.3 Å². The Morgan fingerprint density at radius 2 is 2.03 bits per heavy atom. The summed E-state index contributed by atoms with van der Waals surface area (Å²) in [5.41, 5.74) is 1.90. The highest BCUT2D eigenvalue weighted by Gasteiger charge is 2.18. The predicted molar refractivity (Wildman–Crippen MR) is 137 cm³/mol. The summed E-state index contributed by atoms with van der Waals surface area (Å²) in [6, 6.07) is 14.1. The van der Waals surface area contributed by atoms with E-state index in [0.717, 1.165) is 35.9 Å². The van der Waals surface area contributed by atoms with Crippen molar-refractivity contribution in [3.8, 4) is 0 Å². The van der Waals surface area contributed by atoms with Crippen molar-refractivity contribution in [1.29, 1.82) is 0 Å². The summed E-state index contributed by atoms with van der Waals surface area (Å²) in [6.07, 6.45) is 5.38. The van der Waals surface area contributed by atoms with Crippen LogP contribution in [0.3, 0.4) is 0 Å². The number of hydrogen-bond acceptors (Lipinski definition) is 6. The maximum atomic E-state index is 13.3. The molecule has 3 heterocycles. The fourth-order valence-corrected chi connectivity index (χ4v) is 5.57. The van der Waals surface area contributed by atoms with E-state index in [0.29, 0.717) is 21.9 Å². The molecule has 0 saturated heterocycles. The van der Waals surface area contributed by atoms with Gasteiger partial charge >= 0.3 is 0 Å². The van der Waals surface area contributed by atoms with Gasteiger partial charge in [0.25, 0.3) is 5.56 Å². The van der Waals surface area contributed by atoms with E-state index in [1.807, 2.05) is 37.3 Å². The van der Waals surface area contributed by atoms with Crippen molar-refractivity contribution in [2.24, 2.45) is 0 Å². The maximum Gasteiger partial charge on any atom is 0.272 e. The predicted octanol–water partition coefficient (Wildman–Crippen LogP) is 5.04. The zero-order valence-corrected chi connectivity index (χ0v) is 20.5. The van der Waals surface area contributed by atoms with Gasteiger partial charge in [-0.05, 0) is 43.9 Å². The SMILES string of the molecule is CCCCn1c(SCC(=O)N[C@@H](C)CCc2ccccc2)nc2c(sc3ncccc32)c1=O. The van der Waals surface area contributed by atoms with E-state index in [2.05, 4.69) is 29.4 Å². The molecule has 0 bridgehead atoms. The van der Waals surface area contributed by atoms with Crippen LogP contribution in [0.5, 0.6) is 0 Å². The number of unbranched alkanes of at least 4 members (excludes halogenated alkanes) is 1. The second-order valence-electron chi connectivity index (χ2n) is 8.12. The van der Waals surface area contributed by atoms with Gasteiger partial charge < -0.3 is 5.32 Å². The summed E-state index contributed by atoms with van der Waals surface area (Å²) in [5.74, 6) is 0.175. The standard InChI is InChI=1S/C25H28N4O2S2/c1-3-4-15-29-24(31)22-21(19-11-8-14-26-23(19)33-22)28-25(29)32-16-20(30)27-17(2)12-13-18-9-6-5-7-10-18/h5-11,14,17H,3-4,12-13,15-16H2,1-2H3,(H,27,30)/t17-/m0/s1. The largest absolute Gasteiger partial charge is 0.353 e. The number of carbonyl (C=O) groups excluding carboxylic acids is 1. The Kier molecular flexibility index (Phi) is 7.77. The highest BCUT2D eigenvalue weighted by atomic mass is 32.2. The average Bonchev–Trinajstić information content (AvgIpc) is 3.20. The zero-order valence-electron chi connectivity index (χ0n) is 18.9. The topological polar surface area (TPSA) is 76.9 Å². The Balaban J connectivity index is 1.48. The molecule has 3 aromatic heterocycles. The van der Waals surface area contributed by atoms with Crippen molar-refractivity contribution in [1.82, 2.24) is 19.9 Å². The molecule has 0 fully saturated rings. The van der Waals surface area contributed by atoms with Crippen LogP contribution in [0.4, 0.5) is 0 Å². The third-order valence-corrected chi connectivity index (χ3v) is 7.57. The first-order valence-electron chi connectivity index (χ1n) is 11.3. The van der Waals surface area contributed by atoms with E-state index < -0.39 is 0 Å². The van der Waals surface area contributed by atoms with Gasteiger partial charge in [-0.25, -0.2) is 9.97 Å². The van der Waals surface area contributed by atoms with E-state index >= 15 is 0 Å². The maximum absolute atomic E-state index is 13.3. The Morgan fingerprint density at radius 1 is 1.21 bits per heavy atom. The van der Waals surface area contributed by atoms with E-state index in [1.165, 1.54) is 28.7 Å². The number of amides is 1. The zero-order chi connectivity index (χ0) is 23.2. The first-order chi connectivity index (χ1) is 16.1. The monoisotopic (exact) mass is 480 g/mol. The number of pyridine rings is 1.